The topological polar surface area (TPSA) is 50.7 Å². The average molecular weight is 257 g/mol. The second kappa shape index (κ2) is 3.98. The molecule has 1 saturated carbocycles. The number of fused-ring (bicyclic) bond motifs is 1. The second-order valence-corrected chi connectivity index (χ2v) is 4.58. The number of rotatable bonds is 2. The molecule has 0 aromatic heterocycles. The molecule has 18 heavy (non-hydrogen) atoms. The van der Waals surface area contributed by atoms with E-state index in [1.165, 1.54) is 12.1 Å². The molecule has 98 valence electrons. The number of aliphatic hydroxyl groups is 1. The van der Waals surface area contributed by atoms with Gasteiger partial charge in [-0.3, -0.25) is 0 Å². The number of halogens is 2. The van der Waals surface area contributed by atoms with Crippen LogP contribution in [0.4, 0.5) is 14.5 Å². The van der Waals surface area contributed by atoms with Gasteiger partial charge in [0.25, 0.3) is 0 Å². The molecule has 2 atom stereocenters. The minimum atomic E-state index is -3.59. The molecule has 1 fully saturated rings. The molecule has 2 unspecified atom stereocenters. The third-order valence-corrected chi connectivity index (χ3v) is 3.23. The largest absolute Gasteiger partial charge is 0.586 e. The number of hydrogen-bond donors (Lipinski definition) is 2. The van der Waals surface area contributed by atoms with E-state index < -0.39 is 12.4 Å². The summed E-state index contributed by atoms with van der Waals surface area (Å²) in [6, 6.07) is 4.49. The predicted molar refractivity (Wildman–Crippen MR) is 59.9 cm³/mol. The Morgan fingerprint density at radius 2 is 2.00 bits per heavy atom. The zero-order valence-electron chi connectivity index (χ0n) is 9.53. The van der Waals surface area contributed by atoms with Gasteiger partial charge in [-0.15, -0.1) is 8.78 Å². The van der Waals surface area contributed by atoms with Crippen molar-refractivity contribution in [3.05, 3.63) is 18.2 Å². The molecule has 1 aromatic rings. The normalized spacial score (nSPS) is 28.4. The first-order valence-electron chi connectivity index (χ1n) is 5.88. The van der Waals surface area contributed by atoms with Crippen LogP contribution in [0, 0.1) is 0 Å². The van der Waals surface area contributed by atoms with Crippen molar-refractivity contribution >= 4 is 5.69 Å². The summed E-state index contributed by atoms with van der Waals surface area (Å²) in [5.74, 6) is 0.0370. The number of benzene rings is 1. The fraction of sp³-hybridized carbons (Fsp3) is 0.500. The van der Waals surface area contributed by atoms with Gasteiger partial charge in [0.1, 0.15) is 0 Å². The zero-order chi connectivity index (χ0) is 12.8. The lowest BCUT2D eigenvalue weighted by molar-refractivity contribution is -0.286. The smallest absolute Gasteiger partial charge is 0.395 e. The molecule has 2 N–H and O–H groups in total. The Kier molecular flexibility index (Phi) is 2.55. The lowest BCUT2D eigenvalue weighted by atomic mass is 10.2. The summed E-state index contributed by atoms with van der Waals surface area (Å²) in [6.45, 7) is 0. The summed E-state index contributed by atoms with van der Waals surface area (Å²) >= 11 is 0. The number of aliphatic hydroxyl groups excluding tert-OH is 1. The Hall–Kier alpha value is -1.56. The van der Waals surface area contributed by atoms with Crippen molar-refractivity contribution < 1.29 is 23.4 Å². The highest BCUT2D eigenvalue weighted by Gasteiger charge is 2.43. The first-order valence-corrected chi connectivity index (χ1v) is 5.88. The first-order chi connectivity index (χ1) is 8.53. The lowest BCUT2D eigenvalue weighted by Gasteiger charge is -2.17. The number of alkyl halides is 2. The van der Waals surface area contributed by atoms with E-state index in [0.717, 1.165) is 19.3 Å². The van der Waals surface area contributed by atoms with E-state index in [1.54, 1.807) is 6.07 Å². The molecule has 3 rings (SSSR count). The molecule has 1 aromatic carbocycles. The van der Waals surface area contributed by atoms with Crippen LogP contribution in [0.5, 0.6) is 11.5 Å². The van der Waals surface area contributed by atoms with Gasteiger partial charge in [0, 0.05) is 11.8 Å². The summed E-state index contributed by atoms with van der Waals surface area (Å²) in [5.41, 5.74) is 0.640. The van der Waals surface area contributed by atoms with E-state index in [-0.39, 0.29) is 17.5 Å². The van der Waals surface area contributed by atoms with Crippen LogP contribution in [0.25, 0.3) is 0 Å². The summed E-state index contributed by atoms with van der Waals surface area (Å²) in [4.78, 5) is 0. The molecule has 1 aliphatic carbocycles. The molecular weight excluding hydrogens is 244 g/mol. The highest BCUT2D eigenvalue weighted by Crippen LogP contribution is 2.42. The van der Waals surface area contributed by atoms with E-state index >= 15 is 0 Å². The third-order valence-electron chi connectivity index (χ3n) is 3.23. The molecule has 6 heteroatoms. The van der Waals surface area contributed by atoms with Crippen molar-refractivity contribution in [3.8, 4) is 11.5 Å². The van der Waals surface area contributed by atoms with Gasteiger partial charge in [-0.1, -0.05) is 0 Å². The Morgan fingerprint density at radius 3 is 2.72 bits per heavy atom. The maximum absolute atomic E-state index is 12.8. The number of hydrogen-bond acceptors (Lipinski definition) is 4. The number of nitrogens with one attached hydrogen (secondary N) is 1. The van der Waals surface area contributed by atoms with Crippen molar-refractivity contribution in [1.82, 2.24) is 0 Å². The second-order valence-electron chi connectivity index (χ2n) is 4.58. The predicted octanol–water partition coefficient (Wildman–Crippen LogP) is 2.33. The summed E-state index contributed by atoms with van der Waals surface area (Å²) in [6.07, 6.45) is -1.39. The quantitative estimate of drug-likeness (QED) is 0.853. The summed E-state index contributed by atoms with van der Waals surface area (Å²) in [7, 11) is 0. The van der Waals surface area contributed by atoms with Crippen LogP contribution in [-0.2, 0) is 0 Å². The molecular formula is C12H13F2NO3. The van der Waals surface area contributed by atoms with Gasteiger partial charge in [-0.05, 0) is 31.4 Å². The van der Waals surface area contributed by atoms with E-state index in [0.29, 0.717) is 5.69 Å². The standard InChI is InChI=1S/C12H13F2NO3/c13-12(14)17-10-5-4-7(6-11(10)18-12)15-8-2-1-3-9(8)16/h4-6,8-9,15-16H,1-3H2. The Balaban J connectivity index is 1.76. The van der Waals surface area contributed by atoms with Crippen molar-refractivity contribution in [3.63, 3.8) is 0 Å². The average Bonchev–Trinajstić information content (AvgIpc) is 2.80. The summed E-state index contributed by atoms with van der Waals surface area (Å²) in [5, 5.41) is 12.8. The minimum absolute atomic E-state index is 0.0116. The van der Waals surface area contributed by atoms with Crippen molar-refractivity contribution in [2.45, 2.75) is 37.7 Å². The van der Waals surface area contributed by atoms with E-state index in [4.69, 9.17) is 0 Å². The van der Waals surface area contributed by atoms with Crippen LogP contribution in [0.15, 0.2) is 18.2 Å². The van der Waals surface area contributed by atoms with Crippen LogP contribution in [0.1, 0.15) is 19.3 Å². The Labute approximate surface area is 103 Å². The molecule has 0 spiro atoms. The molecule has 0 saturated heterocycles. The zero-order valence-corrected chi connectivity index (χ0v) is 9.53. The molecule has 1 heterocycles. The maximum Gasteiger partial charge on any atom is 0.586 e. The lowest BCUT2D eigenvalue weighted by Crippen LogP contribution is -2.27. The third kappa shape index (κ3) is 2.08. The van der Waals surface area contributed by atoms with Crippen molar-refractivity contribution in [2.24, 2.45) is 0 Å². The van der Waals surface area contributed by atoms with Crippen molar-refractivity contribution in [1.29, 1.82) is 0 Å². The summed E-state index contributed by atoms with van der Waals surface area (Å²) < 4.78 is 34.3. The Morgan fingerprint density at radius 1 is 1.22 bits per heavy atom. The monoisotopic (exact) mass is 257 g/mol. The fourth-order valence-electron chi connectivity index (χ4n) is 2.36. The molecule has 4 nitrogen and oxygen atoms in total. The number of anilines is 1. The van der Waals surface area contributed by atoms with Gasteiger partial charge in [0.15, 0.2) is 11.5 Å². The van der Waals surface area contributed by atoms with Crippen molar-refractivity contribution in [2.75, 3.05) is 5.32 Å². The molecule has 0 bridgehead atoms. The first kappa shape index (κ1) is 11.5. The van der Waals surface area contributed by atoms with Gasteiger partial charge in [0.2, 0.25) is 0 Å². The fourth-order valence-corrected chi connectivity index (χ4v) is 2.36. The molecule has 1 aliphatic heterocycles. The van der Waals surface area contributed by atoms with Crippen LogP contribution in [0.2, 0.25) is 0 Å². The van der Waals surface area contributed by atoms with Gasteiger partial charge in [0.05, 0.1) is 12.1 Å². The maximum atomic E-state index is 12.8. The molecule has 0 amide bonds. The van der Waals surface area contributed by atoms with Crippen LogP contribution >= 0.6 is 0 Å². The van der Waals surface area contributed by atoms with Crippen LogP contribution in [0.3, 0.4) is 0 Å². The van der Waals surface area contributed by atoms with Gasteiger partial charge < -0.3 is 19.9 Å². The highest BCUT2D eigenvalue weighted by atomic mass is 19.3. The SMILES string of the molecule is OC1CCCC1Nc1ccc2c(c1)OC(F)(F)O2. The van der Waals surface area contributed by atoms with Gasteiger partial charge in [-0.25, -0.2) is 0 Å². The molecule has 0 radical (unpaired) electrons. The van der Waals surface area contributed by atoms with Crippen LogP contribution in [-0.4, -0.2) is 23.5 Å². The van der Waals surface area contributed by atoms with E-state index in [2.05, 4.69) is 14.8 Å². The minimum Gasteiger partial charge on any atom is -0.395 e. The highest BCUT2D eigenvalue weighted by molar-refractivity contribution is 5.56. The Bertz CT molecular complexity index is 467. The van der Waals surface area contributed by atoms with E-state index in [1.807, 2.05) is 0 Å². The molecule has 2 aliphatic rings. The van der Waals surface area contributed by atoms with Gasteiger partial charge >= 0.3 is 6.29 Å². The number of ether oxygens (including phenoxy) is 2. The van der Waals surface area contributed by atoms with E-state index in [9.17, 15) is 13.9 Å². The van der Waals surface area contributed by atoms with Gasteiger partial charge in [-0.2, -0.15) is 0 Å². The van der Waals surface area contributed by atoms with Crippen LogP contribution < -0.4 is 14.8 Å².